The number of nitro groups is 1. The Morgan fingerprint density at radius 2 is 1.48 bits per heavy atom. The first kappa shape index (κ1) is 27.0. The monoisotopic (exact) mass is 540 g/mol. The van der Waals surface area contributed by atoms with Crippen molar-refractivity contribution in [2.75, 3.05) is 20.8 Å². The number of hydrogen-bond donors (Lipinski definition) is 1. The minimum absolute atomic E-state index is 0.0863. The van der Waals surface area contributed by atoms with E-state index in [9.17, 15) is 10.1 Å². The number of benzene rings is 4. The fraction of sp³-hybridized carbons (Fsp3) is 0.250. The first-order chi connectivity index (χ1) is 19.6. The molecule has 0 bridgehead atoms. The van der Waals surface area contributed by atoms with E-state index in [1.54, 1.807) is 19.2 Å². The average Bonchev–Trinajstić information content (AvgIpc) is 2.99. The third-order valence-electron chi connectivity index (χ3n) is 7.05. The molecule has 0 aromatic heterocycles. The predicted molar refractivity (Wildman–Crippen MR) is 152 cm³/mol. The largest absolute Gasteiger partial charge is 0.493 e. The van der Waals surface area contributed by atoms with Crippen molar-refractivity contribution < 1.29 is 23.9 Å². The lowest BCUT2D eigenvalue weighted by molar-refractivity contribution is -0.386. The SMILES string of the molecule is COc1cc2c(cc1OCc1ccccc1)CCN[C@@H]2Cc1ccc(OCc2ccccc2)c(OC)c1[N+](=O)[O-]. The molecule has 0 saturated heterocycles. The number of fused-ring (bicyclic) bond motifs is 1. The highest BCUT2D eigenvalue weighted by Gasteiger charge is 2.30. The van der Waals surface area contributed by atoms with Crippen LogP contribution in [0.3, 0.4) is 0 Å². The number of methoxy groups -OCH3 is 2. The number of nitro benzene ring substituents is 1. The summed E-state index contributed by atoms with van der Waals surface area (Å²) in [6, 6.07) is 27.0. The van der Waals surface area contributed by atoms with E-state index in [4.69, 9.17) is 18.9 Å². The van der Waals surface area contributed by atoms with E-state index in [1.807, 2.05) is 72.8 Å². The second kappa shape index (κ2) is 12.5. The summed E-state index contributed by atoms with van der Waals surface area (Å²) in [6.45, 7) is 1.45. The van der Waals surface area contributed by atoms with Crippen molar-refractivity contribution in [2.24, 2.45) is 0 Å². The Balaban J connectivity index is 1.40. The van der Waals surface area contributed by atoms with E-state index in [1.165, 1.54) is 7.11 Å². The third kappa shape index (κ3) is 6.02. The summed E-state index contributed by atoms with van der Waals surface area (Å²) in [5.74, 6) is 1.76. The molecule has 1 aliphatic heterocycles. The number of nitrogens with one attached hydrogen (secondary N) is 1. The van der Waals surface area contributed by atoms with E-state index in [-0.39, 0.29) is 24.1 Å². The fourth-order valence-corrected chi connectivity index (χ4v) is 5.06. The maximum absolute atomic E-state index is 12.3. The highest BCUT2D eigenvalue weighted by molar-refractivity contribution is 5.61. The maximum Gasteiger partial charge on any atom is 0.318 e. The molecule has 0 spiro atoms. The standard InChI is InChI=1S/C32H32N2O6/c1-37-29-19-26-24(18-30(29)40-21-23-11-7-4-8-12-23)15-16-33-27(26)17-25-13-14-28(32(38-2)31(25)34(35)36)39-20-22-9-5-3-6-10-22/h3-14,18-19,27,33H,15-17,20-21H2,1-2H3/t27-/m1/s1. The molecule has 1 heterocycles. The van der Waals surface area contributed by atoms with Crippen molar-refractivity contribution in [1.29, 1.82) is 0 Å². The topological polar surface area (TPSA) is 92.1 Å². The summed E-state index contributed by atoms with van der Waals surface area (Å²) < 4.78 is 23.2. The molecule has 0 fully saturated rings. The van der Waals surface area contributed by atoms with Crippen LogP contribution in [0.5, 0.6) is 23.0 Å². The van der Waals surface area contributed by atoms with Crippen LogP contribution >= 0.6 is 0 Å². The smallest absolute Gasteiger partial charge is 0.318 e. The van der Waals surface area contributed by atoms with Crippen LogP contribution in [0.1, 0.15) is 33.9 Å². The molecule has 0 unspecified atom stereocenters. The molecule has 206 valence electrons. The molecule has 8 nitrogen and oxygen atoms in total. The summed E-state index contributed by atoms with van der Waals surface area (Å²) in [5.41, 5.74) is 4.66. The second-order valence-electron chi connectivity index (χ2n) is 9.57. The van der Waals surface area contributed by atoms with Gasteiger partial charge in [-0.1, -0.05) is 60.7 Å². The predicted octanol–water partition coefficient (Wildman–Crippen LogP) is 6.20. The van der Waals surface area contributed by atoms with Gasteiger partial charge in [0.25, 0.3) is 0 Å². The Morgan fingerprint density at radius 3 is 2.08 bits per heavy atom. The van der Waals surface area contributed by atoms with E-state index >= 15 is 0 Å². The van der Waals surface area contributed by atoms with Gasteiger partial charge in [0.2, 0.25) is 5.75 Å². The highest BCUT2D eigenvalue weighted by Crippen LogP contribution is 2.43. The van der Waals surface area contributed by atoms with Gasteiger partial charge in [-0.3, -0.25) is 10.1 Å². The molecule has 0 saturated carbocycles. The normalized spacial score (nSPS) is 14.2. The molecule has 0 amide bonds. The number of hydrogen-bond acceptors (Lipinski definition) is 7. The highest BCUT2D eigenvalue weighted by atomic mass is 16.6. The lowest BCUT2D eigenvalue weighted by Crippen LogP contribution is -2.31. The van der Waals surface area contributed by atoms with Gasteiger partial charge in [-0.05, 0) is 65.9 Å². The Morgan fingerprint density at radius 1 is 0.825 bits per heavy atom. The molecule has 8 heteroatoms. The molecule has 0 aliphatic carbocycles. The van der Waals surface area contributed by atoms with Crippen LogP contribution in [-0.2, 0) is 26.1 Å². The van der Waals surface area contributed by atoms with Crippen LogP contribution in [0.15, 0.2) is 84.9 Å². The summed E-state index contributed by atoms with van der Waals surface area (Å²) >= 11 is 0. The van der Waals surface area contributed by atoms with E-state index in [0.717, 1.165) is 35.2 Å². The minimum atomic E-state index is -0.394. The zero-order chi connectivity index (χ0) is 27.9. The molecule has 1 N–H and O–H groups in total. The molecule has 1 atom stereocenters. The van der Waals surface area contributed by atoms with Gasteiger partial charge in [0.05, 0.1) is 19.1 Å². The van der Waals surface area contributed by atoms with Crippen molar-refractivity contribution >= 4 is 5.69 Å². The van der Waals surface area contributed by atoms with Crippen LogP contribution in [0.2, 0.25) is 0 Å². The average molecular weight is 541 g/mol. The van der Waals surface area contributed by atoms with E-state index < -0.39 is 4.92 Å². The fourth-order valence-electron chi connectivity index (χ4n) is 5.06. The van der Waals surface area contributed by atoms with Crippen LogP contribution in [0.25, 0.3) is 0 Å². The molecular formula is C32H32N2O6. The summed E-state index contributed by atoms with van der Waals surface area (Å²) in [4.78, 5) is 11.9. The molecule has 4 aromatic carbocycles. The van der Waals surface area contributed by atoms with Crippen LogP contribution in [0, 0.1) is 10.1 Å². The Labute approximate surface area is 233 Å². The van der Waals surface area contributed by atoms with Crippen LogP contribution < -0.4 is 24.3 Å². The van der Waals surface area contributed by atoms with Gasteiger partial charge in [-0.2, -0.15) is 0 Å². The van der Waals surface area contributed by atoms with Gasteiger partial charge < -0.3 is 24.3 Å². The molecule has 0 radical (unpaired) electrons. The molecule has 5 rings (SSSR count). The Bertz CT molecular complexity index is 1460. The van der Waals surface area contributed by atoms with Gasteiger partial charge in [0.1, 0.15) is 13.2 Å². The Kier molecular flexibility index (Phi) is 8.47. The van der Waals surface area contributed by atoms with Crippen LogP contribution in [-0.4, -0.2) is 25.7 Å². The first-order valence-corrected chi connectivity index (χ1v) is 13.2. The molecule has 1 aliphatic rings. The van der Waals surface area contributed by atoms with E-state index in [0.29, 0.717) is 35.8 Å². The van der Waals surface area contributed by atoms with Crippen molar-refractivity contribution in [3.05, 3.63) is 123 Å². The van der Waals surface area contributed by atoms with Crippen molar-refractivity contribution in [2.45, 2.75) is 32.1 Å². The van der Waals surface area contributed by atoms with Crippen molar-refractivity contribution in [3.8, 4) is 23.0 Å². The first-order valence-electron chi connectivity index (χ1n) is 13.2. The van der Waals surface area contributed by atoms with Crippen molar-refractivity contribution in [1.82, 2.24) is 5.32 Å². The number of ether oxygens (including phenoxy) is 4. The molecule has 4 aromatic rings. The minimum Gasteiger partial charge on any atom is -0.493 e. The number of nitrogens with zero attached hydrogens (tertiary/aromatic N) is 1. The number of rotatable bonds is 11. The summed E-state index contributed by atoms with van der Waals surface area (Å²) in [6.07, 6.45) is 1.21. The zero-order valence-electron chi connectivity index (χ0n) is 22.6. The van der Waals surface area contributed by atoms with Crippen molar-refractivity contribution in [3.63, 3.8) is 0 Å². The van der Waals surface area contributed by atoms with Gasteiger partial charge in [-0.25, -0.2) is 0 Å². The lowest BCUT2D eigenvalue weighted by Gasteiger charge is -2.28. The molecule has 40 heavy (non-hydrogen) atoms. The zero-order valence-corrected chi connectivity index (χ0v) is 22.6. The van der Waals surface area contributed by atoms with E-state index in [2.05, 4.69) is 5.32 Å². The van der Waals surface area contributed by atoms with Gasteiger partial charge >= 0.3 is 5.69 Å². The van der Waals surface area contributed by atoms with Gasteiger partial charge in [0.15, 0.2) is 17.2 Å². The lowest BCUT2D eigenvalue weighted by atomic mass is 9.89. The molecular weight excluding hydrogens is 508 g/mol. The van der Waals surface area contributed by atoms with Gasteiger partial charge in [-0.15, -0.1) is 0 Å². The third-order valence-corrected chi connectivity index (χ3v) is 7.05. The quantitative estimate of drug-likeness (QED) is 0.179. The summed E-state index contributed by atoms with van der Waals surface area (Å²) in [7, 11) is 3.05. The van der Waals surface area contributed by atoms with Crippen LogP contribution in [0.4, 0.5) is 5.69 Å². The second-order valence-corrected chi connectivity index (χ2v) is 9.57. The Hall–Kier alpha value is -4.56. The van der Waals surface area contributed by atoms with Gasteiger partial charge in [0, 0.05) is 11.6 Å². The summed E-state index contributed by atoms with van der Waals surface area (Å²) in [5, 5.41) is 15.8. The maximum atomic E-state index is 12.3.